The van der Waals surface area contributed by atoms with Crippen molar-refractivity contribution in [3.63, 3.8) is 0 Å². The molecule has 0 aliphatic carbocycles. The Kier molecular flexibility index (Phi) is 5.42. The van der Waals surface area contributed by atoms with Crippen molar-refractivity contribution in [2.45, 2.75) is 12.6 Å². The number of ether oxygens (including phenoxy) is 1. The largest absolute Gasteiger partial charge is 0.497 e. The highest BCUT2D eigenvalue weighted by molar-refractivity contribution is 6.13. The van der Waals surface area contributed by atoms with Gasteiger partial charge in [-0.3, -0.25) is 4.99 Å². The van der Waals surface area contributed by atoms with E-state index in [0.29, 0.717) is 0 Å². The number of dihydropyridines is 1. The SMILES string of the molecule is COc1cccc(-c2ccc3c(c2)C(Nc2ccc(F)cc2)=NC(C2=CCCN=C2)N3)c1. The Bertz CT molecular complexity index is 1230. The molecule has 2 N–H and O–H groups in total. The van der Waals surface area contributed by atoms with Crippen molar-refractivity contribution in [3.05, 3.63) is 89.8 Å². The van der Waals surface area contributed by atoms with Crippen molar-refractivity contribution in [2.75, 3.05) is 24.3 Å². The summed E-state index contributed by atoms with van der Waals surface area (Å²) in [5.74, 6) is 1.25. The number of halogens is 1. The molecule has 0 saturated heterocycles. The van der Waals surface area contributed by atoms with E-state index < -0.39 is 0 Å². The first-order valence-corrected chi connectivity index (χ1v) is 10.6. The first kappa shape index (κ1) is 20.0. The van der Waals surface area contributed by atoms with Crippen LogP contribution in [-0.4, -0.2) is 31.9 Å². The van der Waals surface area contributed by atoms with Crippen LogP contribution < -0.4 is 15.4 Å². The van der Waals surface area contributed by atoms with Crippen LogP contribution >= 0.6 is 0 Å². The summed E-state index contributed by atoms with van der Waals surface area (Å²) in [4.78, 5) is 9.35. The lowest BCUT2D eigenvalue weighted by Gasteiger charge is -2.28. The normalized spacial score (nSPS) is 17.0. The molecule has 2 heterocycles. The molecule has 5 nitrogen and oxygen atoms in total. The van der Waals surface area contributed by atoms with Crippen molar-refractivity contribution in [1.82, 2.24) is 0 Å². The number of anilines is 2. The lowest BCUT2D eigenvalue weighted by atomic mass is 9.99. The quantitative estimate of drug-likeness (QED) is 0.578. The molecule has 5 rings (SSSR count). The van der Waals surface area contributed by atoms with E-state index in [2.05, 4.69) is 46.0 Å². The maximum absolute atomic E-state index is 13.4. The average Bonchev–Trinajstić information content (AvgIpc) is 2.85. The second-order valence-corrected chi connectivity index (χ2v) is 7.68. The van der Waals surface area contributed by atoms with Gasteiger partial charge in [0.05, 0.1) is 7.11 Å². The molecule has 1 atom stereocenters. The number of hydrogen-bond donors (Lipinski definition) is 2. The van der Waals surface area contributed by atoms with Gasteiger partial charge in [-0.2, -0.15) is 0 Å². The Labute approximate surface area is 186 Å². The van der Waals surface area contributed by atoms with Crippen LogP contribution in [0.25, 0.3) is 11.1 Å². The summed E-state index contributed by atoms with van der Waals surface area (Å²) in [6.45, 7) is 0.807. The predicted molar refractivity (Wildman–Crippen MR) is 128 cm³/mol. The fourth-order valence-corrected chi connectivity index (χ4v) is 3.86. The van der Waals surface area contributed by atoms with E-state index in [0.717, 1.165) is 58.2 Å². The van der Waals surface area contributed by atoms with Crippen LogP contribution in [0, 0.1) is 5.82 Å². The minimum absolute atomic E-state index is 0.239. The van der Waals surface area contributed by atoms with Gasteiger partial charge in [0.15, 0.2) is 0 Å². The van der Waals surface area contributed by atoms with E-state index in [1.54, 1.807) is 19.2 Å². The zero-order chi connectivity index (χ0) is 21.9. The Morgan fingerprint density at radius 3 is 2.66 bits per heavy atom. The summed E-state index contributed by atoms with van der Waals surface area (Å²) < 4.78 is 18.8. The van der Waals surface area contributed by atoms with E-state index >= 15 is 0 Å². The van der Waals surface area contributed by atoms with E-state index in [1.807, 2.05) is 24.4 Å². The van der Waals surface area contributed by atoms with Gasteiger partial charge >= 0.3 is 0 Å². The third-order valence-corrected chi connectivity index (χ3v) is 5.53. The molecule has 1 unspecified atom stereocenters. The molecular formula is C26H23FN4O. The maximum atomic E-state index is 13.4. The second-order valence-electron chi connectivity index (χ2n) is 7.68. The van der Waals surface area contributed by atoms with Gasteiger partial charge in [0.25, 0.3) is 0 Å². The average molecular weight is 426 g/mol. The Morgan fingerprint density at radius 2 is 1.88 bits per heavy atom. The third kappa shape index (κ3) is 4.12. The predicted octanol–water partition coefficient (Wildman–Crippen LogP) is 5.51. The van der Waals surface area contributed by atoms with Gasteiger partial charge < -0.3 is 15.4 Å². The molecule has 6 heteroatoms. The van der Waals surface area contributed by atoms with Gasteiger partial charge in [-0.15, -0.1) is 0 Å². The lowest BCUT2D eigenvalue weighted by Crippen LogP contribution is -2.31. The van der Waals surface area contributed by atoms with E-state index in [1.165, 1.54) is 12.1 Å². The minimum Gasteiger partial charge on any atom is -0.497 e. The summed E-state index contributed by atoms with van der Waals surface area (Å²) in [5, 5.41) is 6.90. The highest BCUT2D eigenvalue weighted by Crippen LogP contribution is 2.32. The number of rotatable bonds is 4. The smallest absolute Gasteiger partial charge is 0.148 e. The monoisotopic (exact) mass is 426 g/mol. The maximum Gasteiger partial charge on any atom is 0.148 e. The van der Waals surface area contributed by atoms with Crippen LogP contribution in [0.3, 0.4) is 0 Å². The van der Waals surface area contributed by atoms with Crippen LogP contribution in [0.15, 0.2) is 88.4 Å². The molecule has 2 aliphatic rings. The first-order valence-electron chi connectivity index (χ1n) is 10.6. The number of amidine groups is 1. The van der Waals surface area contributed by atoms with Gasteiger partial charge in [0.1, 0.15) is 23.6 Å². The number of aliphatic imine (C=N–C) groups is 2. The Hall–Kier alpha value is -3.93. The van der Waals surface area contributed by atoms with Crippen molar-refractivity contribution >= 4 is 23.4 Å². The molecule has 0 spiro atoms. The fraction of sp³-hybridized carbons (Fsp3) is 0.154. The number of methoxy groups -OCH3 is 1. The van der Waals surface area contributed by atoms with Crippen LogP contribution in [0.5, 0.6) is 5.75 Å². The highest BCUT2D eigenvalue weighted by Gasteiger charge is 2.24. The van der Waals surface area contributed by atoms with Gasteiger partial charge in [-0.1, -0.05) is 24.3 Å². The summed E-state index contributed by atoms with van der Waals surface area (Å²) in [7, 11) is 1.66. The molecular weight excluding hydrogens is 403 g/mol. The van der Waals surface area contributed by atoms with E-state index in [9.17, 15) is 4.39 Å². The van der Waals surface area contributed by atoms with Crippen LogP contribution in [0.1, 0.15) is 12.0 Å². The van der Waals surface area contributed by atoms with Crippen LogP contribution in [-0.2, 0) is 0 Å². The van der Waals surface area contributed by atoms with Crippen molar-refractivity contribution in [2.24, 2.45) is 9.98 Å². The first-order chi connectivity index (χ1) is 15.7. The van der Waals surface area contributed by atoms with Crippen molar-refractivity contribution < 1.29 is 9.13 Å². The molecule has 0 saturated carbocycles. The van der Waals surface area contributed by atoms with E-state index in [4.69, 9.17) is 9.73 Å². The van der Waals surface area contributed by atoms with Crippen LogP contribution in [0.4, 0.5) is 15.8 Å². The van der Waals surface area contributed by atoms with E-state index in [-0.39, 0.29) is 12.0 Å². The number of hydrogen-bond acceptors (Lipinski definition) is 5. The standard InChI is InChI=1S/C26H23FN4O/c1-32-22-6-2-4-17(14-22)18-7-12-24-23(15-18)26(29-21-10-8-20(27)9-11-21)31-25(30-24)19-5-3-13-28-16-19/h2,4-12,14-16,25,30H,3,13H2,1H3,(H,29,31). The number of nitrogens with zero attached hydrogens (tertiary/aromatic N) is 2. The van der Waals surface area contributed by atoms with Crippen LogP contribution in [0.2, 0.25) is 0 Å². The molecule has 3 aromatic rings. The molecule has 3 aromatic carbocycles. The molecule has 0 fully saturated rings. The summed E-state index contributed by atoms with van der Waals surface area (Å²) in [6.07, 6.45) is 4.72. The van der Waals surface area contributed by atoms with Gasteiger partial charge in [-0.05, 0) is 66.1 Å². The zero-order valence-corrected chi connectivity index (χ0v) is 17.7. The topological polar surface area (TPSA) is 58.0 Å². The fourth-order valence-electron chi connectivity index (χ4n) is 3.86. The highest BCUT2D eigenvalue weighted by atomic mass is 19.1. The molecule has 0 radical (unpaired) electrons. The molecule has 0 aromatic heterocycles. The third-order valence-electron chi connectivity index (χ3n) is 5.53. The molecule has 0 bridgehead atoms. The van der Waals surface area contributed by atoms with Gasteiger partial charge in [0, 0.05) is 35.3 Å². The van der Waals surface area contributed by atoms with Crippen molar-refractivity contribution in [3.8, 4) is 16.9 Å². The molecule has 2 aliphatic heterocycles. The Balaban J connectivity index is 1.55. The summed E-state index contributed by atoms with van der Waals surface area (Å²) in [6, 6.07) is 20.5. The summed E-state index contributed by atoms with van der Waals surface area (Å²) >= 11 is 0. The lowest BCUT2D eigenvalue weighted by molar-refractivity contribution is 0.415. The van der Waals surface area contributed by atoms with Gasteiger partial charge in [0.2, 0.25) is 0 Å². The second kappa shape index (κ2) is 8.67. The number of fused-ring (bicyclic) bond motifs is 1. The van der Waals surface area contributed by atoms with Gasteiger partial charge in [-0.25, -0.2) is 9.38 Å². The molecule has 160 valence electrons. The molecule has 32 heavy (non-hydrogen) atoms. The zero-order valence-electron chi connectivity index (χ0n) is 17.7. The molecule has 0 amide bonds. The van der Waals surface area contributed by atoms with Crippen molar-refractivity contribution in [1.29, 1.82) is 0 Å². The summed E-state index contributed by atoms with van der Waals surface area (Å²) in [5.41, 5.74) is 5.83. The number of benzene rings is 3. The minimum atomic E-state index is -0.273. The Morgan fingerprint density at radius 1 is 1.03 bits per heavy atom. The number of nitrogens with one attached hydrogen (secondary N) is 2.